The van der Waals surface area contributed by atoms with Crippen LogP contribution >= 0.6 is 0 Å². The zero-order chi connectivity index (χ0) is 20.8. The van der Waals surface area contributed by atoms with E-state index in [0.717, 1.165) is 5.56 Å². The number of benzene rings is 2. The van der Waals surface area contributed by atoms with E-state index < -0.39 is 23.8 Å². The molecule has 1 aliphatic heterocycles. The summed E-state index contributed by atoms with van der Waals surface area (Å²) in [4.78, 5) is 28.1. The van der Waals surface area contributed by atoms with Crippen LogP contribution in [0.4, 0.5) is 15.1 Å². The van der Waals surface area contributed by atoms with E-state index >= 15 is 0 Å². The number of urea groups is 1. The van der Waals surface area contributed by atoms with Gasteiger partial charge >= 0.3 is 6.03 Å². The van der Waals surface area contributed by atoms with Gasteiger partial charge in [0.05, 0.1) is 6.54 Å². The predicted molar refractivity (Wildman–Crippen MR) is 104 cm³/mol. The molecule has 1 aliphatic rings. The monoisotopic (exact) mass is 395 g/mol. The molecule has 3 amide bonds. The number of halogens is 1. The number of hydrogen-bond acceptors (Lipinski definition) is 6. The summed E-state index contributed by atoms with van der Waals surface area (Å²) in [6.07, 6.45) is 0. The molecule has 0 radical (unpaired) electrons. The van der Waals surface area contributed by atoms with Crippen molar-refractivity contribution in [3.8, 4) is 22.8 Å². The highest BCUT2D eigenvalue weighted by Crippen LogP contribution is 2.33. The molecule has 9 heteroatoms. The van der Waals surface area contributed by atoms with E-state index in [2.05, 4.69) is 20.5 Å². The summed E-state index contributed by atoms with van der Waals surface area (Å²) in [6, 6.07) is 15.7. The van der Waals surface area contributed by atoms with Gasteiger partial charge in [-0.15, -0.1) is 10.2 Å². The van der Waals surface area contributed by atoms with E-state index in [9.17, 15) is 14.0 Å². The quantitative estimate of drug-likeness (QED) is 0.679. The molecule has 1 N–H and O–H groups in total. The first kappa shape index (κ1) is 19.9. The van der Waals surface area contributed by atoms with E-state index in [1.165, 1.54) is 0 Å². The van der Waals surface area contributed by atoms with E-state index in [0.29, 0.717) is 16.2 Å². The summed E-state index contributed by atoms with van der Waals surface area (Å²) in [6.45, 7) is 3.81. The topological polar surface area (TPSA) is 97.3 Å². The lowest BCUT2D eigenvalue weighted by Gasteiger charge is -2.13. The number of carbonyl (C=O) groups excluding carboxylic acids is 2. The van der Waals surface area contributed by atoms with Crippen LogP contribution in [0.15, 0.2) is 54.6 Å². The molecule has 2 aromatic carbocycles. The van der Waals surface area contributed by atoms with Crippen molar-refractivity contribution in [1.82, 2.24) is 20.5 Å². The predicted octanol–water partition coefficient (Wildman–Crippen LogP) is 3.55. The highest BCUT2D eigenvalue weighted by molar-refractivity contribution is 6.18. The second-order valence-electron chi connectivity index (χ2n) is 5.56. The minimum atomic E-state index is -1.06. The molecule has 0 atom stereocenters. The maximum absolute atomic E-state index is 14.1. The third kappa shape index (κ3) is 4.18. The van der Waals surface area contributed by atoms with Gasteiger partial charge in [-0.1, -0.05) is 62.4 Å². The van der Waals surface area contributed by atoms with Crippen LogP contribution in [0, 0.1) is 5.95 Å². The van der Waals surface area contributed by atoms with Crippen molar-refractivity contribution >= 4 is 17.9 Å². The van der Waals surface area contributed by atoms with Crippen LogP contribution in [0.1, 0.15) is 13.8 Å². The number of rotatable bonds is 4. The normalized spacial score (nSPS) is 12.9. The average molecular weight is 395 g/mol. The molecule has 1 saturated heterocycles. The first-order chi connectivity index (χ1) is 14.1. The van der Waals surface area contributed by atoms with E-state index in [-0.39, 0.29) is 12.5 Å². The van der Waals surface area contributed by atoms with Crippen LogP contribution in [0.2, 0.25) is 0 Å². The van der Waals surface area contributed by atoms with Gasteiger partial charge in [-0.2, -0.15) is 14.3 Å². The van der Waals surface area contributed by atoms with Crippen molar-refractivity contribution in [3.05, 3.63) is 60.5 Å². The van der Waals surface area contributed by atoms with Crippen molar-refractivity contribution in [2.45, 2.75) is 13.8 Å². The lowest BCUT2D eigenvalue weighted by atomic mass is 10.1. The van der Waals surface area contributed by atoms with Crippen molar-refractivity contribution in [1.29, 1.82) is 0 Å². The van der Waals surface area contributed by atoms with Crippen LogP contribution in [-0.4, -0.2) is 33.7 Å². The van der Waals surface area contributed by atoms with E-state index in [1.807, 2.05) is 56.3 Å². The smallest absolute Gasteiger partial charge is 0.331 e. The average Bonchev–Trinajstić information content (AvgIpc) is 3.10. The highest BCUT2D eigenvalue weighted by Gasteiger charge is 2.33. The largest absolute Gasteiger partial charge is 0.435 e. The summed E-state index contributed by atoms with van der Waals surface area (Å²) < 4.78 is 19.7. The fourth-order valence-corrected chi connectivity index (χ4v) is 2.59. The standard InChI is InChI=1S/C18H12FN5O3.C2H6/c19-15-16(21-17(23-22-15)24-14(25)10-20-18(24)26)27-13-9-5-4-8-12(13)11-6-2-1-3-7-11;1-2/h1-9H,10H2,(H,20,26);1-2H3. The highest BCUT2D eigenvalue weighted by atomic mass is 19.1. The zero-order valence-corrected chi connectivity index (χ0v) is 15.8. The Balaban J connectivity index is 0.00000117. The van der Waals surface area contributed by atoms with Gasteiger partial charge in [0.2, 0.25) is 0 Å². The first-order valence-corrected chi connectivity index (χ1v) is 8.97. The Hall–Kier alpha value is -3.88. The van der Waals surface area contributed by atoms with Gasteiger partial charge in [0, 0.05) is 5.56 Å². The van der Waals surface area contributed by atoms with Crippen LogP contribution in [-0.2, 0) is 4.79 Å². The maximum Gasteiger partial charge on any atom is 0.331 e. The Labute approximate surface area is 166 Å². The lowest BCUT2D eigenvalue weighted by Crippen LogP contribution is -2.32. The van der Waals surface area contributed by atoms with Gasteiger partial charge < -0.3 is 10.1 Å². The number of amides is 3. The minimum absolute atomic E-state index is 0.188. The summed E-state index contributed by atoms with van der Waals surface area (Å²) in [5.74, 6) is -2.14. The van der Waals surface area contributed by atoms with Crippen molar-refractivity contribution in [2.24, 2.45) is 0 Å². The first-order valence-electron chi connectivity index (χ1n) is 8.97. The Kier molecular flexibility index (Phi) is 6.08. The SMILES string of the molecule is CC.O=C1CNC(=O)N1c1nnc(F)c(Oc2ccccc2-c2ccccc2)n1. The molecule has 3 aromatic rings. The molecule has 8 nitrogen and oxygen atoms in total. The molecule has 0 spiro atoms. The summed E-state index contributed by atoms with van der Waals surface area (Å²) in [5, 5.41) is 9.11. The second-order valence-corrected chi connectivity index (χ2v) is 5.56. The molecule has 0 saturated carbocycles. The zero-order valence-electron chi connectivity index (χ0n) is 15.8. The number of aromatic nitrogens is 3. The third-order valence-electron chi connectivity index (χ3n) is 3.83. The van der Waals surface area contributed by atoms with Gasteiger partial charge in [0.1, 0.15) is 5.75 Å². The number of nitrogens with one attached hydrogen (secondary N) is 1. The van der Waals surface area contributed by atoms with Crippen LogP contribution in [0.5, 0.6) is 11.6 Å². The van der Waals surface area contributed by atoms with E-state index in [1.54, 1.807) is 12.1 Å². The summed E-state index contributed by atoms with van der Waals surface area (Å²) in [7, 11) is 0. The minimum Gasteiger partial charge on any atom is -0.435 e. The van der Waals surface area contributed by atoms with Gasteiger partial charge in [0.15, 0.2) is 0 Å². The molecular formula is C20H18FN5O3. The van der Waals surface area contributed by atoms with Crippen molar-refractivity contribution in [3.63, 3.8) is 0 Å². The Bertz CT molecular complexity index is 1010. The van der Waals surface area contributed by atoms with E-state index in [4.69, 9.17) is 4.74 Å². The Morgan fingerprint density at radius 3 is 2.38 bits per heavy atom. The van der Waals surface area contributed by atoms with Crippen molar-refractivity contribution < 1.29 is 18.7 Å². The number of anilines is 1. The number of hydrogen-bond donors (Lipinski definition) is 1. The summed E-state index contributed by atoms with van der Waals surface area (Å²) >= 11 is 0. The molecular weight excluding hydrogens is 377 g/mol. The number of para-hydroxylation sites is 1. The number of ether oxygens (including phenoxy) is 1. The Morgan fingerprint density at radius 2 is 1.69 bits per heavy atom. The van der Waals surface area contributed by atoms with Crippen LogP contribution in [0.25, 0.3) is 11.1 Å². The molecule has 4 rings (SSSR count). The van der Waals surface area contributed by atoms with Crippen LogP contribution in [0.3, 0.4) is 0 Å². The van der Waals surface area contributed by atoms with Gasteiger partial charge in [0.25, 0.3) is 23.7 Å². The third-order valence-corrected chi connectivity index (χ3v) is 3.83. The molecule has 2 heterocycles. The van der Waals surface area contributed by atoms with Gasteiger partial charge in [-0.3, -0.25) is 4.79 Å². The molecule has 148 valence electrons. The number of carbonyl (C=O) groups is 2. The maximum atomic E-state index is 14.1. The number of imide groups is 1. The van der Waals surface area contributed by atoms with Gasteiger partial charge in [-0.25, -0.2) is 4.79 Å². The fraction of sp³-hybridized carbons (Fsp3) is 0.150. The van der Waals surface area contributed by atoms with Gasteiger partial charge in [-0.05, 0) is 11.6 Å². The second kappa shape index (κ2) is 8.87. The molecule has 0 bridgehead atoms. The molecule has 1 aromatic heterocycles. The summed E-state index contributed by atoms with van der Waals surface area (Å²) in [5.41, 5.74) is 1.58. The Morgan fingerprint density at radius 1 is 1.00 bits per heavy atom. The fourth-order valence-electron chi connectivity index (χ4n) is 2.59. The van der Waals surface area contributed by atoms with Crippen molar-refractivity contribution in [2.75, 3.05) is 11.4 Å². The molecule has 1 fully saturated rings. The molecule has 29 heavy (non-hydrogen) atoms. The van der Waals surface area contributed by atoms with Crippen LogP contribution < -0.4 is 15.0 Å². The lowest BCUT2D eigenvalue weighted by molar-refractivity contribution is -0.115. The molecule has 0 unspecified atom stereocenters. The molecule has 0 aliphatic carbocycles. The number of nitrogens with zero attached hydrogens (tertiary/aromatic N) is 4.